The average Bonchev–Trinajstić information content (AvgIpc) is 3.13. The Labute approximate surface area is 166 Å². The van der Waals surface area contributed by atoms with Gasteiger partial charge in [-0.25, -0.2) is 13.2 Å². The third-order valence-electron chi connectivity index (χ3n) is 5.35. The molecule has 0 bridgehead atoms. The first-order valence-corrected chi connectivity index (χ1v) is 10.6. The van der Waals surface area contributed by atoms with Crippen molar-refractivity contribution in [1.29, 1.82) is 0 Å². The van der Waals surface area contributed by atoms with Crippen LogP contribution in [-0.2, 0) is 25.0 Å². The molecule has 2 unspecified atom stereocenters. The molecule has 0 aromatic heterocycles. The fraction of sp³-hybridized carbons (Fsp3) is 0.471. The van der Waals surface area contributed by atoms with Crippen LogP contribution in [0.2, 0.25) is 0 Å². The molecule has 0 aliphatic carbocycles. The van der Waals surface area contributed by atoms with E-state index in [9.17, 15) is 32.9 Å². The van der Waals surface area contributed by atoms with Crippen molar-refractivity contribution in [2.75, 3.05) is 25.1 Å². The van der Waals surface area contributed by atoms with E-state index in [0.29, 0.717) is 6.42 Å². The molecular weight excluding hydrogens is 404 g/mol. The molecule has 1 N–H and O–H groups in total. The summed E-state index contributed by atoms with van der Waals surface area (Å²) in [6, 6.07) is 4.03. The molecule has 0 spiro atoms. The van der Waals surface area contributed by atoms with E-state index in [4.69, 9.17) is 0 Å². The first-order chi connectivity index (χ1) is 13.4. The molecule has 2 atom stereocenters. The van der Waals surface area contributed by atoms with Gasteiger partial charge in [-0.3, -0.25) is 24.6 Å². The van der Waals surface area contributed by atoms with Gasteiger partial charge < -0.3 is 10.2 Å². The molecule has 1 aromatic rings. The number of hydrogen-bond acceptors (Lipinski definition) is 7. The van der Waals surface area contributed by atoms with E-state index in [1.165, 1.54) is 43.1 Å². The number of carbonyl (C=O) groups is 3. The summed E-state index contributed by atoms with van der Waals surface area (Å²) in [6.45, 7) is 0.853. The quantitative estimate of drug-likeness (QED) is 0.398. The highest BCUT2D eigenvalue weighted by Crippen LogP contribution is 2.31. The first-order valence-electron chi connectivity index (χ1n) is 8.80. The molecule has 2 aliphatic rings. The maximum absolute atomic E-state index is 12.9. The molecule has 12 heteroatoms. The highest BCUT2D eigenvalue weighted by atomic mass is 32.2. The van der Waals surface area contributed by atoms with Crippen LogP contribution in [0.3, 0.4) is 0 Å². The predicted molar refractivity (Wildman–Crippen MR) is 101 cm³/mol. The normalized spacial score (nSPS) is 25.7. The number of rotatable bonds is 5. The molecule has 3 rings (SSSR count). The van der Waals surface area contributed by atoms with Crippen molar-refractivity contribution in [3.63, 3.8) is 0 Å². The van der Waals surface area contributed by atoms with Gasteiger partial charge in [0.25, 0.3) is 11.6 Å². The van der Waals surface area contributed by atoms with Crippen molar-refractivity contribution in [3.05, 3.63) is 39.9 Å². The Bertz CT molecular complexity index is 1010. The molecule has 0 saturated carbocycles. The molecule has 0 radical (unpaired) electrons. The summed E-state index contributed by atoms with van der Waals surface area (Å²) in [6.07, 6.45) is 0.302. The largest absolute Gasteiger partial charge is 0.340 e. The van der Waals surface area contributed by atoms with Crippen molar-refractivity contribution in [2.45, 2.75) is 24.9 Å². The molecule has 29 heavy (non-hydrogen) atoms. The fourth-order valence-electron chi connectivity index (χ4n) is 3.50. The van der Waals surface area contributed by atoms with Crippen LogP contribution >= 0.6 is 0 Å². The number of carbonyl (C=O) groups excluding carboxylic acids is 3. The minimum Gasteiger partial charge on any atom is -0.340 e. The number of urea groups is 1. The Morgan fingerprint density at radius 1 is 1.41 bits per heavy atom. The lowest BCUT2D eigenvalue weighted by Crippen LogP contribution is -2.46. The second kappa shape index (κ2) is 7.10. The second-order valence-electron chi connectivity index (χ2n) is 7.32. The van der Waals surface area contributed by atoms with E-state index in [1.807, 2.05) is 0 Å². The van der Waals surface area contributed by atoms with Crippen LogP contribution in [0.15, 0.2) is 24.3 Å². The van der Waals surface area contributed by atoms with Crippen molar-refractivity contribution in [1.82, 2.24) is 15.1 Å². The van der Waals surface area contributed by atoms with Gasteiger partial charge in [0.2, 0.25) is 5.91 Å². The number of sulfone groups is 1. The van der Waals surface area contributed by atoms with Gasteiger partial charge in [-0.1, -0.05) is 12.1 Å². The number of non-ortho nitro benzene ring substituents is 1. The highest BCUT2D eigenvalue weighted by Gasteiger charge is 2.50. The van der Waals surface area contributed by atoms with E-state index in [1.54, 1.807) is 0 Å². The molecule has 156 valence electrons. The van der Waals surface area contributed by atoms with Gasteiger partial charge in [-0.05, 0) is 18.9 Å². The van der Waals surface area contributed by atoms with Gasteiger partial charge in [0.15, 0.2) is 9.84 Å². The second-order valence-corrected chi connectivity index (χ2v) is 9.54. The zero-order valence-electron chi connectivity index (χ0n) is 15.8. The zero-order chi connectivity index (χ0) is 21.6. The number of imide groups is 1. The maximum atomic E-state index is 12.9. The van der Waals surface area contributed by atoms with Crippen molar-refractivity contribution in [2.24, 2.45) is 0 Å². The van der Waals surface area contributed by atoms with E-state index in [2.05, 4.69) is 5.32 Å². The molecule has 11 nitrogen and oxygen atoms in total. The Morgan fingerprint density at radius 2 is 2.10 bits per heavy atom. The zero-order valence-corrected chi connectivity index (χ0v) is 16.6. The van der Waals surface area contributed by atoms with E-state index >= 15 is 0 Å². The number of hydrogen-bond donors (Lipinski definition) is 1. The number of nitrogens with one attached hydrogen (secondary N) is 1. The smallest absolute Gasteiger partial charge is 0.325 e. The van der Waals surface area contributed by atoms with Crippen LogP contribution in [0.5, 0.6) is 0 Å². The SMILES string of the molecule is CN(C(=O)CN1C(=O)NC(C)(c2cccc([N+](=O)[O-])c2)C1=O)C1CCS(=O)(=O)C1. The van der Waals surface area contributed by atoms with Crippen LogP contribution < -0.4 is 5.32 Å². The number of nitrogens with zero attached hydrogens (tertiary/aromatic N) is 3. The van der Waals surface area contributed by atoms with E-state index in [-0.39, 0.29) is 22.8 Å². The third kappa shape index (κ3) is 3.79. The summed E-state index contributed by atoms with van der Waals surface area (Å²) < 4.78 is 23.2. The summed E-state index contributed by atoms with van der Waals surface area (Å²) in [5.41, 5.74) is -1.57. The molecule has 2 saturated heterocycles. The number of nitro groups is 1. The molecule has 2 aliphatic heterocycles. The van der Waals surface area contributed by atoms with Crippen molar-refractivity contribution < 1.29 is 27.7 Å². The van der Waals surface area contributed by atoms with Crippen LogP contribution in [0.4, 0.5) is 10.5 Å². The molecule has 2 fully saturated rings. The number of benzene rings is 1. The number of nitro benzene ring substituents is 1. The lowest BCUT2D eigenvalue weighted by Gasteiger charge is -2.26. The fourth-order valence-corrected chi connectivity index (χ4v) is 5.27. The summed E-state index contributed by atoms with van der Waals surface area (Å²) in [7, 11) is -1.76. The lowest BCUT2D eigenvalue weighted by molar-refractivity contribution is -0.385. The van der Waals surface area contributed by atoms with Gasteiger partial charge in [0, 0.05) is 25.2 Å². The van der Waals surface area contributed by atoms with Gasteiger partial charge in [-0.2, -0.15) is 0 Å². The minimum atomic E-state index is -3.20. The van der Waals surface area contributed by atoms with E-state index in [0.717, 1.165) is 4.90 Å². The van der Waals surface area contributed by atoms with E-state index < -0.39 is 50.7 Å². The summed E-state index contributed by atoms with van der Waals surface area (Å²) >= 11 is 0. The minimum absolute atomic E-state index is 0.0106. The molecule has 4 amide bonds. The van der Waals surface area contributed by atoms with Crippen LogP contribution in [0.25, 0.3) is 0 Å². The lowest BCUT2D eigenvalue weighted by atomic mass is 9.91. The van der Waals surface area contributed by atoms with Crippen LogP contribution in [-0.4, -0.2) is 72.1 Å². The third-order valence-corrected chi connectivity index (χ3v) is 7.10. The summed E-state index contributed by atoms with van der Waals surface area (Å²) in [5, 5.41) is 13.5. The summed E-state index contributed by atoms with van der Waals surface area (Å²) in [4.78, 5) is 50.2. The van der Waals surface area contributed by atoms with Gasteiger partial charge >= 0.3 is 6.03 Å². The summed E-state index contributed by atoms with van der Waals surface area (Å²) in [5.74, 6) is -1.45. The van der Waals surface area contributed by atoms with Crippen molar-refractivity contribution in [3.8, 4) is 0 Å². The number of amides is 4. The maximum Gasteiger partial charge on any atom is 0.325 e. The van der Waals surface area contributed by atoms with Crippen molar-refractivity contribution >= 4 is 33.4 Å². The Kier molecular flexibility index (Phi) is 5.07. The van der Waals surface area contributed by atoms with Gasteiger partial charge in [-0.15, -0.1) is 0 Å². The highest BCUT2D eigenvalue weighted by molar-refractivity contribution is 7.91. The molecular formula is C17H20N4O7S. The average molecular weight is 424 g/mol. The molecule has 2 heterocycles. The Balaban J connectivity index is 1.77. The van der Waals surface area contributed by atoms with Crippen LogP contribution in [0, 0.1) is 10.1 Å². The van der Waals surface area contributed by atoms with Gasteiger partial charge in [0.05, 0.1) is 16.4 Å². The first kappa shape index (κ1) is 20.7. The number of likely N-dealkylation sites (N-methyl/N-ethyl adjacent to an activating group) is 1. The van der Waals surface area contributed by atoms with Crippen LogP contribution in [0.1, 0.15) is 18.9 Å². The standard InChI is InChI=1S/C17H20N4O7S/c1-17(11-4-3-5-12(8-11)21(25)26)15(23)20(16(24)18-17)9-14(22)19(2)13-6-7-29(27,28)10-13/h3-5,8,13H,6-7,9-10H2,1-2H3,(H,18,24). The van der Waals surface area contributed by atoms with Gasteiger partial charge in [0.1, 0.15) is 12.1 Å². The monoisotopic (exact) mass is 424 g/mol. The predicted octanol–water partition coefficient (Wildman–Crippen LogP) is 0.00730. The Hall–Kier alpha value is -3.02. The Morgan fingerprint density at radius 3 is 2.69 bits per heavy atom. The topological polar surface area (TPSA) is 147 Å². The molecule has 1 aromatic carbocycles.